The van der Waals surface area contributed by atoms with Crippen LogP contribution in [-0.2, 0) is 10.8 Å². The van der Waals surface area contributed by atoms with Crippen molar-refractivity contribution in [1.29, 1.82) is 0 Å². The summed E-state index contributed by atoms with van der Waals surface area (Å²) in [5.41, 5.74) is 4.29. The van der Waals surface area contributed by atoms with Crippen molar-refractivity contribution in [2.45, 2.75) is 271 Å². The Kier molecular flexibility index (Phi) is 40.8. The van der Waals surface area contributed by atoms with Crippen molar-refractivity contribution in [3.63, 3.8) is 0 Å². The highest BCUT2D eigenvalue weighted by atomic mass is 79.9. The maximum Gasteiger partial charge on any atom is 0.147 e. The van der Waals surface area contributed by atoms with Gasteiger partial charge in [0.05, 0.1) is 165 Å². The van der Waals surface area contributed by atoms with Crippen LogP contribution < -0.4 is 81.2 Å². The molecule has 0 radical (unpaired) electrons. The van der Waals surface area contributed by atoms with E-state index < -0.39 is 103 Å². The molecule has 0 bridgehead atoms. The van der Waals surface area contributed by atoms with Crippen molar-refractivity contribution in [3.05, 3.63) is 179 Å². The number of hydrogen-bond donors (Lipinski definition) is 0. The first-order chi connectivity index (χ1) is 54.9. The van der Waals surface area contributed by atoms with Crippen LogP contribution in [0.4, 0.5) is 0 Å². The minimum atomic E-state index is -1.60. The number of unbranched alkanes of at least 4 members (excludes halogenated alkanes) is 4. The highest BCUT2D eigenvalue weighted by molar-refractivity contribution is 9.12. The molecule has 0 aromatic heterocycles. The molecule has 0 N–H and O–H groups in total. The Hall–Kier alpha value is -0.597. The predicted octanol–water partition coefficient (Wildman–Crippen LogP) is 22.8. The van der Waals surface area contributed by atoms with E-state index in [1.165, 1.54) is 72.1 Å². The van der Waals surface area contributed by atoms with Crippen molar-refractivity contribution in [2.75, 3.05) is 26.4 Å². The van der Waals surface area contributed by atoms with E-state index in [0.29, 0.717) is 13.2 Å². The van der Waals surface area contributed by atoms with Crippen molar-refractivity contribution in [3.8, 4) is 23.0 Å². The first kappa shape index (κ1) is 104. The Bertz CT molecular complexity index is 4190. The zero-order chi connectivity index (χ0) is 88.1. The van der Waals surface area contributed by atoms with E-state index in [4.69, 9.17) is 18.9 Å². The molecule has 0 saturated heterocycles. The van der Waals surface area contributed by atoms with Gasteiger partial charge in [-0.3, -0.25) is 0 Å². The van der Waals surface area contributed by atoms with Crippen molar-refractivity contribution in [2.24, 2.45) is 0 Å². The van der Waals surface area contributed by atoms with E-state index in [1.807, 2.05) is 0 Å². The first-order valence-electron chi connectivity index (χ1n) is 44.0. The fourth-order valence-electron chi connectivity index (χ4n) is 15.5. The second-order valence-electron chi connectivity index (χ2n) is 39.9. The molecule has 0 fully saturated rings. The molecular formula is C94H144Br8O4Si12. The standard InChI is InChI=1S/C49H76Br4O2Si6.C45H68Br4O2Si6/c1-49(2,35-25-43(50)47(44(51)26-35)54-21-17-15-19-23-60(11,12)41-31-37(56(3)4)29-38(32-41)57(5)6)36-27-45(52)48(46(53)28-36)55-22-18-16-20-24-61(13,14)42-33-39(58(7)8)30-40(34-42)59(9)10;1-45(2,31-21-39(46)43(40(47)22-31)50-17-15-19-56(11,12)37-27-33(52(3)4)25-34(28-37)53(5)6)32-23-41(48)44(42(49)24-32)51-18-16-20-57(13,14)38-29-35(54(7)8)26-36(30-38)55(9)10/h25-34,56-59H,15-24H2,1-14H3;21-30,52-55H,15-20H2,1-14H3. The molecule has 8 aromatic rings. The molecule has 0 aliphatic carbocycles. The molecule has 24 heteroatoms. The maximum atomic E-state index is 6.49. The average molecular weight is 2310 g/mol. The molecule has 0 heterocycles. The van der Waals surface area contributed by atoms with E-state index in [0.717, 1.165) is 97.7 Å². The normalized spacial score (nSPS) is 12.7. The van der Waals surface area contributed by atoms with Gasteiger partial charge in [0.2, 0.25) is 0 Å². The molecule has 8 aromatic carbocycles. The van der Waals surface area contributed by atoms with Gasteiger partial charge in [0.15, 0.2) is 0 Å². The summed E-state index contributed by atoms with van der Waals surface area (Å²) in [7, 11) is -12.9. The predicted molar refractivity (Wildman–Crippen MR) is 592 cm³/mol. The second-order valence-corrected chi connectivity index (χ2v) is 89.9. The molecule has 648 valence electrons. The minimum absolute atomic E-state index is 0.259. The van der Waals surface area contributed by atoms with Crippen LogP contribution in [0.1, 0.15) is 101 Å². The van der Waals surface area contributed by atoms with E-state index in [1.54, 1.807) is 62.2 Å². The van der Waals surface area contributed by atoms with Crippen LogP contribution in [0.3, 0.4) is 0 Å². The Morgan fingerprint density at radius 1 is 0.220 bits per heavy atom. The monoisotopic (exact) mass is 2300 g/mol. The van der Waals surface area contributed by atoms with Gasteiger partial charge in [-0.1, -0.05) is 370 Å². The lowest BCUT2D eigenvalue weighted by atomic mass is 9.78. The quantitative estimate of drug-likeness (QED) is 0.0283. The van der Waals surface area contributed by atoms with Crippen LogP contribution in [-0.4, -0.2) is 129 Å². The molecular weight excluding hydrogens is 2170 g/mol. The van der Waals surface area contributed by atoms with Gasteiger partial charge in [0.25, 0.3) is 0 Å². The molecule has 0 aliphatic heterocycles. The zero-order valence-corrected chi connectivity index (χ0v) is 103. The smallest absolute Gasteiger partial charge is 0.147 e. The lowest BCUT2D eigenvalue weighted by molar-refractivity contribution is 0.302. The van der Waals surface area contributed by atoms with Crippen LogP contribution in [0.25, 0.3) is 0 Å². The number of halogens is 8. The van der Waals surface area contributed by atoms with Gasteiger partial charge in [-0.2, -0.15) is 0 Å². The van der Waals surface area contributed by atoms with E-state index >= 15 is 0 Å². The summed E-state index contributed by atoms with van der Waals surface area (Å²) < 4.78 is 33.6. The van der Waals surface area contributed by atoms with Gasteiger partial charge in [-0.25, -0.2) is 0 Å². The van der Waals surface area contributed by atoms with Crippen molar-refractivity contribution < 1.29 is 18.9 Å². The van der Waals surface area contributed by atoms with Crippen LogP contribution in [0.2, 0.25) is 181 Å². The summed E-state index contributed by atoms with van der Waals surface area (Å²) in [6, 6.07) is 53.7. The van der Waals surface area contributed by atoms with Gasteiger partial charge < -0.3 is 18.9 Å². The van der Waals surface area contributed by atoms with E-state index in [2.05, 4.69) is 434 Å². The zero-order valence-electron chi connectivity index (χ0n) is 77.1. The molecule has 0 spiro atoms. The third-order valence-electron chi connectivity index (χ3n) is 25.0. The molecule has 0 aliphatic rings. The number of hydrogen-bond acceptors (Lipinski definition) is 4. The van der Waals surface area contributed by atoms with Gasteiger partial charge in [0, 0.05) is 10.8 Å². The Labute approximate surface area is 801 Å². The molecule has 0 atom stereocenters. The molecule has 118 heavy (non-hydrogen) atoms. The summed E-state index contributed by atoms with van der Waals surface area (Å²) in [6.45, 7) is 71.9. The molecule has 0 amide bonds. The maximum absolute atomic E-state index is 6.49. The first-order valence-corrected chi connectivity index (χ1v) is 86.3. The highest BCUT2D eigenvalue weighted by Crippen LogP contribution is 2.47. The topological polar surface area (TPSA) is 36.9 Å². The number of ether oxygens (including phenoxy) is 4. The van der Waals surface area contributed by atoms with Crippen LogP contribution >= 0.6 is 127 Å². The summed E-state index contributed by atoms with van der Waals surface area (Å²) in [5.74, 6) is 3.53. The van der Waals surface area contributed by atoms with Crippen molar-refractivity contribution >= 4 is 292 Å². The van der Waals surface area contributed by atoms with Gasteiger partial charge in [-0.05, 0) is 224 Å². The van der Waals surface area contributed by atoms with Gasteiger partial charge >= 0.3 is 0 Å². The summed E-state index contributed by atoms with van der Waals surface area (Å²) >= 11 is 31.1. The van der Waals surface area contributed by atoms with E-state index in [-0.39, 0.29) is 10.8 Å². The summed E-state index contributed by atoms with van der Waals surface area (Å²) in [5, 5.41) is 19.8. The second kappa shape index (κ2) is 46.1. The largest absolute Gasteiger partial charge is 0.491 e. The van der Waals surface area contributed by atoms with Crippen molar-refractivity contribution in [1.82, 2.24) is 0 Å². The lowest BCUT2D eigenvalue weighted by Crippen LogP contribution is -2.47. The molecule has 0 saturated carbocycles. The minimum Gasteiger partial charge on any atom is -0.491 e. The van der Waals surface area contributed by atoms with Crippen LogP contribution in [0, 0.1) is 0 Å². The van der Waals surface area contributed by atoms with Gasteiger partial charge in [-0.15, -0.1) is 0 Å². The molecule has 8 rings (SSSR count). The third-order valence-corrected chi connectivity index (χ3v) is 56.9. The SMILES string of the molecule is C[SiH](C)c1cc([SiH](C)C)cc([Si](C)(C)CCCCCOc2c(Br)cc(C(C)(C)c3cc(Br)c(OCCCCC[Si](C)(C)c4cc([SiH](C)C)cc([SiH](C)C)c4)c(Br)c3)cc2Br)c1.C[SiH](C)c1cc([SiH](C)C)cc([Si](C)(C)CCCOc2c(Br)cc(C(C)(C)c3cc(Br)c(OCCC[Si](C)(C)c4cc([SiH](C)C)cc([SiH](C)C)c4)c(Br)c3)cc2Br)c1. The summed E-state index contributed by atoms with van der Waals surface area (Å²) in [4.78, 5) is 0. The average Bonchev–Trinajstić information content (AvgIpc) is 0.775. The summed E-state index contributed by atoms with van der Waals surface area (Å²) in [6.07, 6.45) is 9.13. The fourth-order valence-corrected chi connectivity index (χ4v) is 41.5. The van der Waals surface area contributed by atoms with Crippen LogP contribution in [0.5, 0.6) is 23.0 Å². The molecule has 4 nitrogen and oxygen atoms in total. The van der Waals surface area contributed by atoms with E-state index in [9.17, 15) is 0 Å². The molecule has 0 unspecified atom stereocenters. The number of rotatable bonds is 40. The lowest BCUT2D eigenvalue weighted by Gasteiger charge is -2.29. The number of benzene rings is 8. The fraction of sp³-hybridized carbons (Fsp3) is 0.489. The van der Waals surface area contributed by atoms with Gasteiger partial charge in [0.1, 0.15) is 23.0 Å². The highest BCUT2D eigenvalue weighted by Gasteiger charge is 2.34. The van der Waals surface area contributed by atoms with Crippen LogP contribution in [0.15, 0.2) is 157 Å². The Morgan fingerprint density at radius 2 is 0.373 bits per heavy atom. The Morgan fingerprint density at radius 3 is 0.534 bits per heavy atom. The Balaban J connectivity index is 0.000000326. The third kappa shape index (κ3) is 29.2.